The van der Waals surface area contributed by atoms with Gasteiger partial charge in [0.25, 0.3) is 0 Å². The van der Waals surface area contributed by atoms with Gasteiger partial charge in [0.05, 0.1) is 5.54 Å². The van der Waals surface area contributed by atoms with E-state index >= 15 is 0 Å². The van der Waals surface area contributed by atoms with Crippen molar-refractivity contribution < 1.29 is 0 Å². The Labute approximate surface area is 85.7 Å². The van der Waals surface area contributed by atoms with Gasteiger partial charge in [0, 0.05) is 18.6 Å². The number of hydrogen-bond acceptors (Lipinski definition) is 2. The first-order valence-electron chi connectivity index (χ1n) is 4.56. The van der Waals surface area contributed by atoms with E-state index in [-0.39, 0.29) is 11.1 Å². The van der Waals surface area contributed by atoms with Gasteiger partial charge in [0.1, 0.15) is 0 Å². The molecule has 0 aromatic carbocycles. The van der Waals surface area contributed by atoms with Crippen molar-refractivity contribution in [2.24, 2.45) is 5.73 Å². The Hall–Kier alpha value is -0.350. The molecule has 4 heteroatoms. The van der Waals surface area contributed by atoms with Crippen molar-refractivity contribution in [2.75, 3.05) is 13.1 Å². The fourth-order valence-corrected chi connectivity index (χ4v) is 1.98. The van der Waals surface area contributed by atoms with Crippen LogP contribution in [0.5, 0.6) is 0 Å². The molecule has 0 atom stereocenters. The highest BCUT2D eigenvalue weighted by Crippen LogP contribution is 2.16. The highest BCUT2D eigenvalue weighted by atomic mass is 32.1. The molecule has 0 amide bonds. The molecule has 0 aromatic heterocycles. The Morgan fingerprint density at radius 1 is 1.62 bits per heavy atom. The Balaban J connectivity index is 2.59. The number of nitrogens with zero attached hydrogens (tertiary/aromatic N) is 1. The molecule has 1 aliphatic heterocycles. The van der Waals surface area contributed by atoms with Crippen LogP contribution >= 0.6 is 12.2 Å². The van der Waals surface area contributed by atoms with Crippen LogP contribution in [0, 0.1) is 0 Å². The molecule has 76 valence electrons. The van der Waals surface area contributed by atoms with Crippen LogP contribution in [-0.2, 0) is 0 Å². The second-order valence-corrected chi connectivity index (χ2v) is 5.55. The van der Waals surface area contributed by atoms with E-state index in [9.17, 15) is 0 Å². The summed E-state index contributed by atoms with van der Waals surface area (Å²) in [6.07, 6.45) is 0. The van der Waals surface area contributed by atoms with Crippen molar-refractivity contribution in [1.82, 2.24) is 10.2 Å². The maximum atomic E-state index is 5.94. The summed E-state index contributed by atoms with van der Waals surface area (Å²) < 4.78 is 0. The average Bonchev–Trinajstić information content (AvgIpc) is 2.00. The Bertz CT molecular complexity index is 217. The third-order valence-corrected chi connectivity index (χ3v) is 2.28. The molecule has 1 saturated heterocycles. The number of thiocarbonyl (C=S) groups is 1. The lowest BCUT2D eigenvalue weighted by molar-refractivity contribution is 0.319. The molecule has 1 fully saturated rings. The summed E-state index contributed by atoms with van der Waals surface area (Å²) in [5, 5.41) is 4.09. The summed E-state index contributed by atoms with van der Waals surface area (Å²) >= 11 is 5.22. The third kappa shape index (κ3) is 3.12. The minimum Gasteiger partial charge on any atom is -0.356 e. The van der Waals surface area contributed by atoms with Crippen LogP contribution in [0.15, 0.2) is 0 Å². The smallest absolute Gasteiger partial charge is 0.169 e. The van der Waals surface area contributed by atoms with E-state index in [4.69, 9.17) is 18.0 Å². The second kappa shape index (κ2) is 3.10. The Morgan fingerprint density at radius 3 is 2.46 bits per heavy atom. The lowest BCUT2D eigenvalue weighted by Gasteiger charge is -2.27. The summed E-state index contributed by atoms with van der Waals surface area (Å²) in [5.41, 5.74) is 5.83. The predicted octanol–water partition coefficient (Wildman–Crippen LogP) is 0.692. The topological polar surface area (TPSA) is 41.3 Å². The summed E-state index contributed by atoms with van der Waals surface area (Å²) in [5.74, 6) is 0. The van der Waals surface area contributed by atoms with E-state index in [0.29, 0.717) is 0 Å². The molecule has 1 rings (SSSR count). The minimum atomic E-state index is -0.188. The standard InChI is InChI=1S/C9H19N3S/c1-8(2,10)5-12-6-9(3,4)11-7(12)13/h5-6,10H2,1-4H3,(H,11,13). The zero-order valence-corrected chi connectivity index (χ0v) is 9.66. The van der Waals surface area contributed by atoms with E-state index in [2.05, 4.69) is 24.1 Å². The van der Waals surface area contributed by atoms with Crippen molar-refractivity contribution in [3.05, 3.63) is 0 Å². The maximum absolute atomic E-state index is 5.94. The van der Waals surface area contributed by atoms with Gasteiger partial charge in [-0.3, -0.25) is 0 Å². The van der Waals surface area contributed by atoms with Crippen molar-refractivity contribution >= 4 is 17.3 Å². The summed E-state index contributed by atoms with van der Waals surface area (Å²) in [6, 6.07) is 0. The molecule has 0 unspecified atom stereocenters. The quantitative estimate of drug-likeness (QED) is 0.645. The van der Waals surface area contributed by atoms with Gasteiger partial charge in [0.2, 0.25) is 0 Å². The fraction of sp³-hybridized carbons (Fsp3) is 0.889. The molecule has 1 aliphatic rings. The molecule has 1 heterocycles. The normalized spacial score (nSPS) is 21.9. The highest BCUT2D eigenvalue weighted by Gasteiger charge is 2.33. The summed E-state index contributed by atoms with van der Waals surface area (Å²) in [6.45, 7) is 10.1. The van der Waals surface area contributed by atoms with Gasteiger partial charge in [-0.25, -0.2) is 0 Å². The first-order chi connectivity index (χ1) is 5.70. The van der Waals surface area contributed by atoms with Gasteiger partial charge in [0.15, 0.2) is 5.11 Å². The number of nitrogens with one attached hydrogen (secondary N) is 1. The lowest BCUT2D eigenvalue weighted by atomic mass is 10.1. The number of hydrogen-bond donors (Lipinski definition) is 2. The average molecular weight is 201 g/mol. The van der Waals surface area contributed by atoms with Gasteiger partial charge in [-0.05, 0) is 39.9 Å². The van der Waals surface area contributed by atoms with E-state index < -0.39 is 0 Å². The first kappa shape index (κ1) is 10.7. The SMILES string of the molecule is CC(C)(N)CN1CC(C)(C)NC1=S. The van der Waals surface area contributed by atoms with Crippen LogP contribution in [0.4, 0.5) is 0 Å². The van der Waals surface area contributed by atoms with Crippen LogP contribution < -0.4 is 11.1 Å². The molecule has 0 bridgehead atoms. The van der Waals surface area contributed by atoms with Gasteiger partial charge >= 0.3 is 0 Å². The lowest BCUT2D eigenvalue weighted by Crippen LogP contribution is -2.46. The van der Waals surface area contributed by atoms with E-state index in [0.717, 1.165) is 18.2 Å². The molecule has 0 aromatic rings. The van der Waals surface area contributed by atoms with E-state index in [1.165, 1.54) is 0 Å². The van der Waals surface area contributed by atoms with Gasteiger partial charge in [-0.2, -0.15) is 0 Å². The maximum Gasteiger partial charge on any atom is 0.169 e. The molecule has 3 N–H and O–H groups in total. The van der Waals surface area contributed by atoms with Gasteiger partial charge in [-0.15, -0.1) is 0 Å². The number of nitrogens with two attached hydrogens (primary N) is 1. The van der Waals surface area contributed by atoms with Crippen LogP contribution in [-0.4, -0.2) is 34.2 Å². The van der Waals surface area contributed by atoms with Crippen LogP contribution in [0.1, 0.15) is 27.7 Å². The molecule has 0 spiro atoms. The third-order valence-electron chi connectivity index (χ3n) is 1.92. The largest absolute Gasteiger partial charge is 0.356 e. The first-order valence-corrected chi connectivity index (χ1v) is 4.96. The van der Waals surface area contributed by atoms with E-state index in [1.54, 1.807) is 0 Å². The zero-order valence-electron chi connectivity index (χ0n) is 8.85. The Morgan fingerprint density at radius 2 is 2.15 bits per heavy atom. The minimum absolute atomic E-state index is 0.0856. The van der Waals surface area contributed by atoms with Crippen LogP contribution in [0.2, 0.25) is 0 Å². The monoisotopic (exact) mass is 201 g/mol. The summed E-state index contributed by atoms with van der Waals surface area (Å²) in [7, 11) is 0. The van der Waals surface area contributed by atoms with Crippen LogP contribution in [0.25, 0.3) is 0 Å². The molecule has 3 nitrogen and oxygen atoms in total. The summed E-state index contributed by atoms with van der Waals surface area (Å²) in [4.78, 5) is 2.13. The molecule has 0 aliphatic carbocycles. The Kier molecular flexibility index (Phi) is 2.56. The second-order valence-electron chi connectivity index (χ2n) is 5.16. The van der Waals surface area contributed by atoms with Crippen molar-refractivity contribution in [2.45, 2.75) is 38.8 Å². The molecule has 13 heavy (non-hydrogen) atoms. The van der Waals surface area contributed by atoms with Crippen molar-refractivity contribution in [3.63, 3.8) is 0 Å². The van der Waals surface area contributed by atoms with Gasteiger partial charge < -0.3 is 16.0 Å². The van der Waals surface area contributed by atoms with E-state index in [1.807, 2.05) is 13.8 Å². The molecule has 0 radical (unpaired) electrons. The van der Waals surface area contributed by atoms with Crippen LogP contribution in [0.3, 0.4) is 0 Å². The van der Waals surface area contributed by atoms with Crippen molar-refractivity contribution in [3.8, 4) is 0 Å². The fourth-order valence-electron chi connectivity index (χ4n) is 1.58. The zero-order chi connectivity index (χ0) is 10.3. The highest BCUT2D eigenvalue weighted by molar-refractivity contribution is 7.80. The molecular formula is C9H19N3S. The molecular weight excluding hydrogens is 182 g/mol. The number of rotatable bonds is 2. The van der Waals surface area contributed by atoms with Gasteiger partial charge in [-0.1, -0.05) is 0 Å². The van der Waals surface area contributed by atoms with Crippen molar-refractivity contribution in [1.29, 1.82) is 0 Å². The predicted molar refractivity (Wildman–Crippen MR) is 59.7 cm³/mol. The molecule has 0 saturated carbocycles.